The number of anilines is 1. The molecule has 1 fully saturated rings. The van der Waals surface area contributed by atoms with E-state index in [0.29, 0.717) is 33.9 Å². The van der Waals surface area contributed by atoms with Crippen molar-refractivity contribution in [3.63, 3.8) is 0 Å². The van der Waals surface area contributed by atoms with Crippen LogP contribution in [-0.2, 0) is 11.2 Å². The largest absolute Gasteiger partial charge is 0.332 e. The van der Waals surface area contributed by atoms with Crippen molar-refractivity contribution in [2.45, 2.75) is 25.8 Å². The molecule has 2 aromatic rings. The molecule has 2 heterocycles. The molecule has 2 atom stereocenters. The number of carbonyl (C=O) groups is 1. The minimum Gasteiger partial charge on any atom is -0.332 e. The van der Waals surface area contributed by atoms with Gasteiger partial charge in [-0.2, -0.15) is 0 Å². The Kier molecular flexibility index (Phi) is 6.60. The third-order valence-electron chi connectivity index (χ3n) is 5.53. The van der Waals surface area contributed by atoms with E-state index in [0.717, 1.165) is 17.4 Å². The molecule has 3 rings (SSSR count). The second-order valence-electron chi connectivity index (χ2n) is 7.29. The van der Waals surface area contributed by atoms with Crippen molar-refractivity contribution in [2.75, 3.05) is 11.9 Å². The number of aldehydes is 1. The maximum atomic E-state index is 13.5. The first-order valence-electron chi connectivity index (χ1n) is 9.78. The Morgan fingerprint density at radius 3 is 2.45 bits per heavy atom. The minimum atomic E-state index is -2.75. The molecule has 1 saturated heterocycles. The van der Waals surface area contributed by atoms with E-state index < -0.39 is 18.4 Å². The van der Waals surface area contributed by atoms with E-state index in [2.05, 4.69) is 24.7 Å². The monoisotopic (exact) mass is 443 g/mol. The second kappa shape index (κ2) is 9.02. The lowest BCUT2D eigenvalue weighted by Crippen LogP contribution is -2.29. The van der Waals surface area contributed by atoms with Gasteiger partial charge in [-0.1, -0.05) is 50.4 Å². The van der Waals surface area contributed by atoms with Gasteiger partial charge in [0.25, 0.3) is 6.43 Å². The predicted octanol–water partition coefficient (Wildman–Crippen LogP) is 5.42. The van der Waals surface area contributed by atoms with Crippen LogP contribution < -0.4 is 10.4 Å². The van der Waals surface area contributed by atoms with Crippen molar-refractivity contribution >= 4 is 29.3 Å². The van der Waals surface area contributed by atoms with Gasteiger partial charge in [-0.05, 0) is 41.3 Å². The molecule has 31 heavy (non-hydrogen) atoms. The Hall–Kier alpha value is -2.99. The first kappa shape index (κ1) is 22.7. The molecule has 0 saturated carbocycles. The van der Waals surface area contributed by atoms with Gasteiger partial charge >= 0.3 is 0 Å². The molecule has 0 bridgehead atoms. The van der Waals surface area contributed by atoms with Crippen LogP contribution in [-0.4, -0.2) is 24.3 Å². The van der Waals surface area contributed by atoms with Gasteiger partial charge in [-0.3, -0.25) is 9.56 Å². The third-order valence-corrected chi connectivity index (χ3v) is 5.78. The van der Waals surface area contributed by atoms with Crippen LogP contribution in [0.25, 0.3) is 5.70 Å². The Morgan fingerprint density at radius 1 is 1.29 bits per heavy atom. The normalized spacial score (nSPS) is 19.4. The van der Waals surface area contributed by atoms with Gasteiger partial charge < -0.3 is 9.69 Å². The summed E-state index contributed by atoms with van der Waals surface area (Å²) < 4.78 is 28.4. The van der Waals surface area contributed by atoms with Crippen LogP contribution in [0.3, 0.4) is 0 Å². The zero-order chi connectivity index (χ0) is 22.9. The number of pyridine rings is 1. The summed E-state index contributed by atoms with van der Waals surface area (Å²) in [5, 5.41) is 0.581. The summed E-state index contributed by atoms with van der Waals surface area (Å²) in [6, 6.07) is 8.71. The molecule has 162 valence electrons. The summed E-state index contributed by atoms with van der Waals surface area (Å²) in [6.45, 7) is 13.7. The number of hydrogen-bond acceptors (Lipinski definition) is 3. The first-order chi connectivity index (χ1) is 14.7. The quantitative estimate of drug-likeness (QED) is 0.442. The molecule has 1 aromatic carbocycles. The fourth-order valence-corrected chi connectivity index (χ4v) is 4.08. The van der Waals surface area contributed by atoms with E-state index in [1.54, 1.807) is 25.4 Å². The molecule has 1 aromatic heterocycles. The van der Waals surface area contributed by atoms with Crippen LogP contribution in [0.1, 0.15) is 24.1 Å². The molecule has 0 aliphatic carbocycles. The van der Waals surface area contributed by atoms with E-state index >= 15 is 0 Å². The number of carbonyl (C=O) groups excluding carboxylic acids is 1. The van der Waals surface area contributed by atoms with Gasteiger partial charge in [0.15, 0.2) is 0 Å². The van der Waals surface area contributed by atoms with Crippen LogP contribution in [0.4, 0.5) is 14.5 Å². The standard InChI is InChI=1S/C24H24ClF2N3O/c1-6-17-11-20(12-29(24(17)28-5)16(4)23(26)27)30-15(3)21(13-31)14(2)22(30)18-7-9-19(25)10-8-18/h7-13,21-23H,2-4,6H2,1,5H3/b28-24-. The number of hydrogen-bond donors (Lipinski definition) is 0. The maximum absolute atomic E-state index is 13.5. The van der Waals surface area contributed by atoms with Crippen molar-refractivity contribution in [1.29, 1.82) is 0 Å². The molecule has 0 radical (unpaired) electrons. The van der Waals surface area contributed by atoms with Crippen molar-refractivity contribution in [3.05, 3.63) is 89.2 Å². The van der Waals surface area contributed by atoms with E-state index in [1.807, 2.05) is 30.0 Å². The van der Waals surface area contributed by atoms with Gasteiger partial charge in [0.05, 0.1) is 23.3 Å². The number of benzene rings is 1. The molecule has 7 heteroatoms. The SMILES string of the molecule is C=C1C(C=O)C(=C)N(c2cc(CC)/c(=N/C)n(C(=C)C(F)F)c2)C1c1ccc(Cl)cc1. The van der Waals surface area contributed by atoms with Gasteiger partial charge in [0, 0.05) is 24.0 Å². The number of aryl methyl sites for hydroxylation is 1. The van der Waals surface area contributed by atoms with Gasteiger partial charge in [0.2, 0.25) is 0 Å². The third kappa shape index (κ3) is 4.00. The average Bonchev–Trinajstić information content (AvgIpc) is 3.01. The highest BCUT2D eigenvalue weighted by Gasteiger charge is 2.40. The minimum absolute atomic E-state index is 0.379. The van der Waals surface area contributed by atoms with Crippen molar-refractivity contribution in [1.82, 2.24) is 4.57 Å². The number of alkyl halides is 2. The summed E-state index contributed by atoms with van der Waals surface area (Å²) >= 11 is 6.05. The zero-order valence-corrected chi connectivity index (χ0v) is 18.2. The summed E-state index contributed by atoms with van der Waals surface area (Å²) in [5.74, 6) is -0.590. The van der Waals surface area contributed by atoms with Crippen LogP contribution in [0.5, 0.6) is 0 Å². The Balaban J connectivity index is 2.26. The smallest absolute Gasteiger partial charge is 0.278 e. The van der Waals surface area contributed by atoms with Crippen molar-refractivity contribution in [2.24, 2.45) is 10.9 Å². The molecule has 0 amide bonds. The van der Waals surface area contributed by atoms with E-state index in [9.17, 15) is 13.6 Å². The highest BCUT2D eigenvalue weighted by molar-refractivity contribution is 6.30. The first-order valence-corrected chi connectivity index (χ1v) is 10.2. The van der Waals surface area contributed by atoms with E-state index in [-0.39, 0.29) is 5.70 Å². The lowest BCUT2D eigenvalue weighted by atomic mass is 9.95. The molecular formula is C24H24ClF2N3O. The summed E-state index contributed by atoms with van der Waals surface area (Å²) in [5.41, 5.74) is 3.44. The van der Waals surface area contributed by atoms with Crippen molar-refractivity contribution < 1.29 is 13.6 Å². The topological polar surface area (TPSA) is 37.6 Å². The molecule has 1 aliphatic rings. The Morgan fingerprint density at radius 2 is 1.94 bits per heavy atom. The van der Waals surface area contributed by atoms with Crippen LogP contribution in [0, 0.1) is 5.92 Å². The molecule has 4 nitrogen and oxygen atoms in total. The number of nitrogens with zero attached hydrogens (tertiary/aromatic N) is 3. The number of halogens is 3. The molecule has 0 spiro atoms. The molecular weight excluding hydrogens is 420 g/mol. The average molecular weight is 444 g/mol. The van der Waals surface area contributed by atoms with E-state index in [4.69, 9.17) is 11.6 Å². The highest BCUT2D eigenvalue weighted by Crippen LogP contribution is 2.47. The Bertz CT molecular complexity index is 1120. The molecule has 1 aliphatic heterocycles. The fourth-order valence-electron chi connectivity index (χ4n) is 3.95. The second-order valence-corrected chi connectivity index (χ2v) is 7.73. The van der Waals surface area contributed by atoms with E-state index in [1.165, 1.54) is 4.57 Å². The lowest BCUT2D eigenvalue weighted by molar-refractivity contribution is -0.109. The van der Waals surface area contributed by atoms with Gasteiger partial charge in [-0.15, -0.1) is 0 Å². The Labute approximate surface area is 185 Å². The maximum Gasteiger partial charge on any atom is 0.278 e. The lowest BCUT2D eigenvalue weighted by Gasteiger charge is -2.29. The van der Waals surface area contributed by atoms with Gasteiger partial charge in [-0.25, -0.2) is 8.78 Å². The summed E-state index contributed by atoms with van der Waals surface area (Å²) in [6.07, 6.45) is 0.180. The number of aromatic nitrogens is 1. The van der Waals surface area contributed by atoms with Crippen LogP contribution in [0.2, 0.25) is 5.02 Å². The zero-order valence-electron chi connectivity index (χ0n) is 17.5. The number of rotatable bonds is 6. The molecule has 2 unspecified atom stereocenters. The van der Waals surface area contributed by atoms with Crippen LogP contribution >= 0.6 is 11.6 Å². The summed E-state index contributed by atoms with van der Waals surface area (Å²) in [4.78, 5) is 17.9. The van der Waals surface area contributed by atoms with Crippen LogP contribution in [0.15, 0.2) is 72.5 Å². The van der Waals surface area contributed by atoms with Gasteiger partial charge in [0.1, 0.15) is 11.8 Å². The number of allylic oxidation sites excluding steroid dienone is 2. The van der Waals surface area contributed by atoms with Crippen molar-refractivity contribution in [3.8, 4) is 0 Å². The summed E-state index contributed by atoms with van der Waals surface area (Å²) in [7, 11) is 1.55. The fraction of sp³-hybridized carbons (Fsp3) is 0.250. The predicted molar refractivity (Wildman–Crippen MR) is 121 cm³/mol. The highest BCUT2D eigenvalue weighted by atomic mass is 35.5. The molecule has 0 N–H and O–H groups in total.